The fourth-order valence-electron chi connectivity index (χ4n) is 2.04. The Morgan fingerprint density at radius 3 is 2.56 bits per heavy atom. The van der Waals surface area contributed by atoms with E-state index in [9.17, 15) is 0 Å². The Kier molecular flexibility index (Phi) is 2.60. The van der Waals surface area contributed by atoms with E-state index < -0.39 is 0 Å². The molecule has 0 atom stereocenters. The minimum Gasteiger partial charge on any atom is -0.497 e. The van der Waals surface area contributed by atoms with Gasteiger partial charge in [-0.25, -0.2) is 0 Å². The first kappa shape index (κ1) is 11.0. The molecule has 1 heterocycles. The monoisotopic (exact) mass is 234 g/mol. The lowest BCUT2D eigenvalue weighted by Crippen LogP contribution is -1.98. The number of hydrogen-bond acceptors (Lipinski definition) is 2. The van der Waals surface area contributed by atoms with Gasteiger partial charge in [-0.2, -0.15) is 0 Å². The maximum atomic E-state index is 5.81. The number of fused-ring (bicyclic) bond motifs is 1. The fourth-order valence-corrected chi connectivity index (χ4v) is 2.04. The first-order chi connectivity index (χ1) is 8.78. The first-order valence-electron chi connectivity index (χ1n) is 5.69. The Labute approximate surface area is 107 Å². The van der Waals surface area contributed by atoms with Crippen LogP contribution in [0, 0.1) is 0 Å². The van der Waals surface area contributed by atoms with Crippen LogP contribution in [0.3, 0.4) is 0 Å². The van der Waals surface area contributed by atoms with E-state index in [1.807, 2.05) is 42.5 Å². The summed E-state index contributed by atoms with van der Waals surface area (Å²) in [6.07, 6.45) is 1.76. The van der Waals surface area contributed by atoms with Gasteiger partial charge in [0.15, 0.2) is 0 Å². The van der Waals surface area contributed by atoms with Crippen molar-refractivity contribution in [2.45, 2.75) is 0 Å². The van der Waals surface area contributed by atoms with Crippen molar-refractivity contribution in [1.29, 1.82) is 0 Å². The Hall–Kier alpha value is -2.16. The third-order valence-electron chi connectivity index (χ3n) is 3.00. The molecule has 0 bridgehead atoms. The van der Waals surface area contributed by atoms with Gasteiger partial charge in [0, 0.05) is 10.9 Å². The van der Waals surface area contributed by atoms with Gasteiger partial charge < -0.3 is 9.15 Å². The zero-order valence-corrected chi connectivity index (χ0v) is 10.0. The second-order valence-electron chi connectivity index (χ2n) is 4.13. The van der Waals surface area contributed by atoms with Crippen LogP contribution in [-0.4, -0.2) is 15.0 Å². The Morgan fingerprint density at radius 2 is 1.83 bits per heavy atom. The van der Waals surface area contributed by atoms with E-state index in [0.29, 0.717) is 0 Å². The number of benzene rings is 2. The van der Waals surface area contributed by atoms with Crippen molar-refractivity contribution in [2.24, 2.45) is 0 Å². The van der Waals surface area contributed by atoms with Crippen molar-refractivity contribution in [2.75, 3.05) is 7.11 Å². The molecule has 1 aromatic heterocycles. The van der Waals surface area contributed by atoms with E-state index in [2.05, 4.69) is 0 Å². The third kappa shape index (κ3) is 1.78. The van der Waals surface area contributed by atoms with Crippen molar-refractivity contribution in [3.63, 3.8) is 0 Å². The molecule has 3 aromatic rings. The summed E-state index contributed by atoms with van der Waals surface area (Å²) in [7, 11) is 7.47. The van der Waals surface area contributed by atoms with Crippen LogP contribution in [0.5, 0.6) is 5.75 Å². The predicted molar refractivity (Wildman–Crippen MR) is 73.6 cm³/mol. The van der Waals surface area contributed by atoms with Gasteiger partial charge in [-0.3, -0.25) is 0 Å². The average molecular weight is 234 g/mol. The van der Waals surface area contributed by atoms with Crippen LogP contribution >= 0.6 is 0 Å². The molecule has 0 aliphatic carbocycles. The SMILES string of the molecule is [B]c1ccc2occ(-c3ccc(OC)cc3)c2c1. The molecule has 2 nitrogen and oxygen atoms in total. The fraction of sp³-hybridized carbons (Fsp3) is 0.0667. The molecule has 0 spiro atoms. The van der Waals surface area contributed by atoms with Gasteiger partial charge in [-0.05, 0) is 23.8 Å². The zero-order chi connectivity index (χ0) is 12.5. The summed E-state index contributed by atoms with van der Waals surface area (Å²) in [5.41, 5.74) is 3.70. The summed E-state index contributed by atoms with van der Waals surface area (Å²) in [4.78, 5) is 0. The first-order valence-corrected chi connectivity index (χ1v) is 5.69. The minimum absolute atomic E-state index is 0.735. The minimum atomic E-state index is 0.735. The highest BCUT2D eigenvalue weighted by atomic mass is 16.5. The van der Waals surface area contributed by atoms with E-state index in [-0.39, 0.29) is 0 Å². The number of furan rings is 1. The van der Waals surface area contributed by atoms with Gasteiger partial charge in [-0.1, -0.05) is 29.7 Å². The van der Waals surface area contributed by atoms with Crippen molar-refractivity contribution < 1.29 is 9.15 Å². The predicted octanol–water partition coefficient (Wildman–Crippen LogP) is 2.90. The molecule has 0 N–H and O–H groups in total. The number of ether oxygens (including phenoxy) is 1. The molecule has 3 rings (SSSR count). The molecule has 0 fully saturated rings. The Morgan fingerprint density at radius 1 is 1.06 bits per heavy atom. The van der Waals surface area contributed by atoms with Gasteiger partial charge in [0.25, 0.3) is 0 Å². The third-order valence-corrected chi connectivity index (χ3v) is 3.00. The maximum absolute atomic E-state index is 5.81. The van der Waals surface area contributed by atoms with Crippen molar-refractivity contribution in [3.05, 3.63) is 48.7 Å². The topological polar surface area (TPSA) is 22.4 Å². The van der Waals surface area contributed by atoms with Crippen LogP contribution in [0.25, 0.3) is 22.1 Å². The number of hydrogen-bond donors (Lipinski definition) is 0. The van der Waals surface area contributed by atoms with Gasteiger partial charge in [0.2, 0.25) is 0 Å². The number of methoxy groups -OCH3 is 1. The Bertz CT molecular complexity index is 683. The smallest absolute Gasteiger partial charge is 0.134 e. The average Bonchev–Trinajstić information content (AvgIpc) is 2.82. The molecule has 2 radical (unpaired) electrons. The van der Waals surface area contributed by atoms with Crippen LogP contribution in [0.1, 0.15) is 0 Å². The van der Waals surface area contributed by atoms with Gasteiger partial charge in [0.1, 0.15) is 19.2 Å². The van der Waals surface area contributed by atoms with E-state index in [1.54, 1.807) is 13.4 Å². The van der Waals surface area contributed by atoms with Crippen molar-refractivity contribution >= 4 is 24.3 Å². The van der Waals surface area contributed by atoms with Gasteiger partial charge >= 0.3 is 0 Å². The van der Waals surface area contributed by atoms with Crippen LogP contribution in [0.2, 0.25) is 0 Å². The summed E-state index contributed by atoms with van der Waals surface area (Å²) >= 11 is 0. The van der Waals surface area contributed by atoms with E-state index in [0.717, 1.165) is 33.3 Å². The maximum Gasteiger partial charge on any atom is 0.134 e. The quantitative estimate of drug-likeness (QED) is 0.636. The summed E-state index contributed by atoms with van der Waals surface area (Å²) < 4.78 is 10.7. The van der Waals surface area contributed by atoms with Crippen LogP contribution in [-0.2, 0) is 0 Å². The molecule has 18 heavy (non-hydrogen) atoms. The highest BCUT2D eigenvalue weighted by Crippen LogP contribution is 2.30. The summed E-state index contributed by atoms with van der Waals surface area (Å²) in [5.74, 6) is 0.839. The largest absolute Gasteiger partial charge is 0.497 e. The molecule has 0 saturated heterocycles. The lowest BCUT2D eigenvalue weighted by Gasteiger charge is -2.02. The van der Waals surface area contributed by atoms with E-state index in [1.165, 1.54) is 0 Å². The van der Waals surface area contributed by atoms with E-state index in [4.69, 9.17) is 17.0 Å². The van der Waals surface area contributed by atoms with Crippen LogP contribution in [0.15, 0.2) is 53.1 Å². The molecule has 0 amide bonds. The van der Waals surface area contributed by atoms with Gasteiger partial charge in [0.05, 0.1) is 13.4 Å². The Balaban J connectivity index is 2.15. The molecule has 86 valence electrons. The second kappa shape index (κ2) is 4.26. The summed E-state index contributed by atoms with van der Waals surface area (Å²) in [6.45, 7) is 0. The molecule has 2 aromatic carbocycles. The highest BCUT2D eigenvalue weighted by molar-refractivity contribution is 6.33. The lowest BCUT2D eigenvalue weighted by atomic mass is 9.93. The van der Waals surface area contributed by atoms with Gasteiger partial charge in [-0.15, -0.1) is 0 Å². The summed E-state index contributed by atoms with van der Waals surface area (Å²) in [5, 5.41) is 1.03. The van der Waals surface area contributed by atoms with E-state index >= 15 is 0 Å². The van der Waals surface area contributed by atoms with Crippen molar-refractivity contribution in [3.8, 4) is 16.9 Å². The summed E-state index contributed by atoms with van der Waals surface area (Å²) in [6, 6.07) is 13.5. The molecule has 0 saturated carbocycles. The van der Waals surface area contributed by atoms with Crippen LogP contribution < -0.4 is 10.2 Å². The normalized spacial score (nSPS) is 10.7. The molecule has 0 unspecified atom stereocenters. The molecular formula is C15H11BO2. The second-order valence-corrected chi connectivity index (χ2v) is 4.13. The lowest BCUT2D eigenvalue weighted by molar-refractivity contribution is 0.415. The molecule has 0 aliphatic heterocycles. The number of rotatable bonds is 2. The van der Waals surface area contributed by atoms with Crippen molar-refractivity contribution in [1.82, 2.24) is 0 Å². The molecular weight excluding hydrogens is 223 g/mol. The standard InChI is InChI=1S/C15H11BO2/c1-17-12-5-2-10(3-6-12)14-9-18-15-7-4-11(16)8-13(14)15/h2-9H,1H3. The molecule has 3 heteroatoms. The molecule has 0 aliphatic rings. The zero-order valence-electron chi connectivity index (χ0n) is 10.0. The highest BCUT2D eigenvalue weighted by Gasteiger charge is 2.08. The van der Waals surface area contributed by atoms with Crippen LogP contribution in [0.4, 0.5) is 0 Å².